The van der Waals surface area contributed by atoms with Crippen LogP contribution in [0.5, 0.6) is 0 Å². The highest BCUT2D eigenvalue weighted by atomic mass is 16.6. The van der Waals surface area contributed by atoms with Gasteiger partial charge in [-0.25, -0.2) is 4.98 Å². The number of rotatable bonds is 4. The minimum Gasteiger partial charge on any atom is -0.363 e. The summed E-state index contributed by atoms with van der Waals surface area (Å²) in [5, 5.41) is 26.6. The van der Waals surface area contributed by atoms with E-state index in [0.29, 0.717) is 6.54 Å². The summed E-state index contributed by atoms with van der Waals surface area (Å²) in [7, 11) is 0. The Bertz CT molecular complexity index is 579. The summed E-state index contributed by atoms with van der Waals surface area (Å²) in [5.41, 5.74) is -0.116. The van der Waals surface area contributed by atoms with E-state index in [1.54, 1.807) is 0 Å². The zero-order valence-electron chi connectivity index (χ0n) is 12.2. The fourth-order valence-electron chi connectivity index (χ4n) is 2.68. The topological polar surface area (TPSA) is 104 Å². The molecule has 1 unspecified atom stereocenters. The van der Waals surface area contributed by atoms with Crippen LogP contribution >= 0.6 is 0 Å². The molecule has 1 aromatic heterocycles. The van der Waals surface area contributed by atoms with Crippen molar-refractivity contribution in [3.63, 3.8) is 0 Å². The Morgan fingerprint density at radius 3 is 3.05 bits per heavy atom. The third kappa shape index (κ3) is 3.28. The van der Waals surface area contributed by atoms with Crippen molar-refractivity contribution in [2.24, 2.45) is 5.41 Å². The summed E-state index contributed by atoms with van der Waals surface area (Å²) in [6.45, 7) is 5.84. The van der Waals surface area contributed by atoms with Crippen LogP contribution in [0.25, 0.3) is 0 Å². The standard InChI is InChI=1S/C14H19N5O2/c1-14(2)5-3-6-16-11(14)9-18-13-12(19(20)21)10(8-15)4-7-17-13/h4,7,11,16H,3,5-6,9H2,1-2H3,(H,17,18). The zero-order valence-corrected chi connectivity index (χ0v) is 12.2. The maximum absolute atomic E-state index is 11.1. The quantitative estimate of drug-likeness (QED) is 0.649. The molecule has 0 radical (unpaired) electrons. The molecule has 1 saturated heterocycles. The van der Waals surface area contributed by atoms with Crippen LogP contribution in [0.1, 0.15) is 32.3 Å². The Labute approximate surface area is 123 Å². The van der Waals surface area contributed by atoms with E-state index in [-0.39, 0.29) is 28.5 Å². The first-order valence-corrected chi connectivity index (χ1v) is 6.96. The number of piperidine rings is 1. The smallest absolute Gasteiger partial charge is 0.328 e. The second-order valence-corrected chi connectivity index (χ2v) is 5.90. The van der Waals surface area contributed by atoms with Crippen molar-refractivity contribution in [1.29, 1.82) is 5.26 Å². The minimum absolute atomic E-state index is 0.0216. The lowest BCUT2D eigenvalue weighted by Crippen LogP contribution is -2.50. The lowest BCUT2D eigenvalue weighted by atomic mass is 9.77. The predicted octanol–water partition coefficient (Wildman–Crippen LogP) is 2.05. The largest absolute Gasteiger partial charge is 0.363 e. The second-order valence-electron chi connectivity index (χ2n) is 5.90. The number of aromatic nitrogens is 1. The van der Waals surface area contributed by atoms with Crippen LogP contribution in [-0.4, -0.2) is 29.0 Å². The SMILES string of the molecule is CC1(C)CCCNC1CNc1nccc(C#N)c1[N+](=O)[O-]. The van der Waals surface area contributed by atoms with Gasteiger partial charge in [-0.05, 0) is 30.9 Å². The van der Waals surface area contributed by atoms with E-state index in [4.69, 9.17) is 5.26 Å². The fraction of sp³-hybridized carbons (Fsp3) is 0.571. The van der Waals surface area contributed by atoms with Gasteiger partial charge in [-0.15, -0.1) is 0 Å². The Hall–Kier alpha value is -2.20. The number of anilines is 1. The van der Waals surface area contributed by atoms with Gasteiger partial charge in [0.15, 0.2) is 0 Å². The number of nitro groups is 1. The Kier molecular flexibility index (Phi) is 4.38. The van der Waals surface area contributed by atoms with Crippen LogP contribution < -0.4 is 10.6 Å². The molecule has 21 heavy (non-hydrogen) atoms. The number of hydrogen-bond acceptors (Lipinski definition) is 6. The van der Waals surface area contributed by atoms with Crippen molar-refractivity contribution in [2.45, 2.75) is 32.7 Å². The maximum atomic E-state index is 11.1. The molecule has 112 valence electrons. The number of pyridine rings is 1. The van der Waals surface area contributed by atoms with Crippen LogP contribution in [0.3, 0.4) is 0 Å². The van der Waals surface area contributed by atoms with Gasteiger partial charge in [-0.2, -0.15) is 5.26 Å². The maximum Gasteiger partial charge on any atom is 0.328 e. The minimum atomic E-state index is -0.562. The van der Waals surface area contributed by atoms with Crippen molar-refractivity contribution in [3.05, 3.63) is 27.9 Å². The summed E-state index contributed by atoms with van der Waals surface area (Å²) < 4.78 is 0. The second kappa shape index (κ2) is 6.06. The molecule has 0 aromatic carbocycles. The summed E-state index contributed by atoms with van der Waals surface area (Å²) in [5.74, 6) is 0.155. The van der Waals surface area contributed by atoms with Gasteiger partial charge in [0.05, 0.1) is 4.92 Å². The molecule has 0 aliphatic carbocycles. The molecular formula is C14H19N5O2. The molecular weight excluding hydrogens is 270 g/mol. The molecule has 1 aliphatic heterocycles. The van der Waals surface area contributed by atoms with Crippen molar-refractivity contribution < 1.29 is 4.92 Å². The van der Waals surface area contributed by atoms with Crippen LogP contribution in [0.2, 0.25) is 0 Å². The molecule has 2 N–H and O–H groups in total. The van der Waals surface area contributed by atoms with E-state index in [1.165, 1.54) is 12.3 Å². The average Bonchev–Trinajstić information content (AvgIpc) is 2.45. The first-order valence-electron chi connectivity index (χ1n) is 6.96. The summed E-state index contributed by atoms with van der Waals surface area (Å²) in [4.78, 5) is 14.6. The number of nitrogens with zero attached hydrogens (tertiary/aromatic N) is 3. The third-order valence-electron chi connectivity index (χ3n) is 4.03. The highest BCUT2D eigenvalue weighted by molar-refractivity contribution is 5.64. The molecule has 2 rings (SSSR count). The molecule has 7 heteroatoms. The molecule has 0 spiro atoms. The molecule has 1 fully saturated rings. The molecule has 1 aliphatic rings. The first-order chi connectivity index (χ1) is 9.95. The Morgan fingerprint density at radius 1 is 1.67 bits per heavy atom. The highest BCUT2D eigenvalue weighted by Crippen LogP contribution is 2.31. The van der Waals surface area contributed by atoms with Crippen molar-refractivity contribution in [1.82, 2.24) is 10.3 Å². The summed E-state index contributed by atoms with van der Waals surface area (Å²) >= 11 is 0. The monoisotopic (exact) mass is 289 g/mol. The predicted molar refractivity (Wildman–Crippen MR) is 78.9 cm³/mol. The molecule has 0 saturated carbocycles. The highest BCUT2D eigenvalue weighted by Gasteiger charge is 2.32. The van der Waals surface area contributed by atoms with Crippen molar-refractivity contribution in [2.75, 3.05) is 18.4 Å². The first kappa shape index (κ1) is 15.2. The fourth-order valence-corrected chi connectivity index (χ4v) is 2.68. The van der Waals surface area contributed by atoms with Crippen LogP contribution in [0, 0.1) is 26.9 Å². The van der Waals surface area contributed by atoms with Gasteiger partial charge in [-0.1, -0.05) is 13.8 Å². The number of hydrogen-bond donors (Lipinski definition) is 2. The van der Waals surface area contributed by atoms with Gasteiger partial charge < -0.3 is 10.6 Å². The molecule has 0 bridgehead atoms. The average molecular weight is 289 g/mol. The van der Waals surface area contributed by atoms with E-state index in [1.807, 2.05) is 6.07 Å². The van der Waals surface area contributed by atoms with Gasteiger partial charge >= 0.3 is 5.69 Å². The van der Waals surface area contributed by atoms with E-state index in [2.05, 4.69) is 29.5 Å². The van der Waals surface area contributed by atoms with Crippen LogP contribution in [-0.2, 0) is 0 Å². The van der Waals surface area contributed by atoms with E-state index in [0.717, 1.165) is 19.4 Å². The molecule has 0 amide bonds. The Balaban J connectivity index is 2.17. The molecule has 2 heterocycles. The van der Waals surface area contributed by atoms with Crippen molar-refractivity contribution >= 4 is 11.5 Å². The molecule has 1 aromatic rings. The van der Waals surface area contributed by atoms with Crippen molar-refractivity contribution in [3.8, 4) is 6.07 Å². The lowest BCUT2D eigenvalue weighted by molar-refractivity contribution is -0.384. The van der Waals surface area contributed by atoms with Crippen LogP contribution in [0.15, 0.2) is 12.3 Å². The van der Waals surface area contributed by atoms with Gasteiger partial charge in [0.2, 0.25) is 5.82 Å². The van der Waals surface area contributed by atoms with Gasteiger partial charge in [0, 0.05) is 18.8 Å². The third-order valence-corrected chi connectivity index (χ3v) is 4.03. The van der Waals surface area contributed by atoms with Crippen LogP contribution in [0.4, 0.5) is 11.5 Å². The Morgan fingerprint density at radius 2 is 2.43 bits per heavy atom. The summed E-state index contributed by atoms with van der Waals surface area (Å²) in [6.07, 6.45) is 3.65. The number of nitrogens with one attached hydrogen (secondary N) is 2. The number of nitriles is 1. The molecule has 1 atom stereocenters. The normalized spacial score (nSPS) is 20.5. The van der Waals surface area contributed by atoms with Gasteiger partial charge in [-0.3, -0.25) is 10.1 Å². The van der Waals surface area contributed by atoms with E-state index < -0.39 is 4.92 Å². The molecule has 7 nitrogen and oxygen atoms in total. The van der Waals surface area contributed by atoms with Gasteiger partial charge in [0.1, 0.15) is 11.6 Å². The van der Waals surface area contributed by atoms with E-state index >= 15 is 0 Å². The van der Waals surface area contributed by atoms with E-state index in [9.17, 15) is 10.1 Å². The van der Waals surface area contributed by atoms with Gasteiger partial charge in [0.25, 0.3) is 0 Å². The lowest BCUT2D eigenvalue weighted by Gasteiger charge is -2.39. The zero-order chi connectivity index (χ0) is 15.5. The summed E-state index contributed by atoms with van der Waals surface area (Å²) in [6, 6.07) is 3.39.